The number of unbranched alkanes of at least 4 members (excludes halogenated alkanes) is 30. The topological polar surface area (TPSA) is 0 Å². The highest BCUT2D eigenvalue weighted by molar-refractivity contribution is 6.17. The molecule has 0 aliphatic heterocycles. The van der Waals surface area contributed by atoms with Crippen molar-refractivity contribution >= 4 is 11.6 Å². The molecule has 0 radical (unpaired) electrons. The lowest BCUT2D eigenvalue weighted by molar-refractivity contribution is -0.890. The maximum absolute atomic E-state index is 5.74. The number of alkyl halides is 1. The van der Waals surface area contributed by atoms with Crippen LogP contribution < -0.4 is 0 Å². The zero-order valence-electron chi connectivity index (χ0n) is 28.6. The quantitative estimate of drug-likeness (QED) is 0.0394. The van der Waals surface area contributed by atoms with Crippen LogP contribution in [0.25, 0.3) is 0 Å². The number of rotatable bonds is 35. The molecule has 0 bridgehead atoms. The van der Waals surface area contributed by atoms with Crippen LogP contribution in [0.3, 0.4) is 0 Å². The largest absolute Gasteiger partial charge is 0.328 e. The van der Waals surface area contributed by atoms with Crippen molar-refractivity contribution < 1.29 is 4.48 Å². The second-order valence-electron chi connectivity index (χ2n) is 14.0. The maximum atomic E-state index is 5.74. The molecule has 0 spiro atoms. The minimum Gasteiger partial charge on any atom is -0.328 e. The zero-order valence-corrected chi connectivity index (χ0v) is 29.3. The molecule has 0 N–H and O–H groups in total. The Hall–Kier alpha value is 0.250. The van der Waals surface area contributed by atoms with Gasteiger partial charge in [-0.25, -0.2) is 0 Å². The van der Waals surface area contributed by atoms with E-state index in [0.29, 0.717) is 0 Å². The van der Waals surface area contributed by atoms with E-state index in [1.54, 1.807) is 0 Å². The van der Waals surface area contributed by atoms with E-state index in [-0.39, 0.29) is 0 Å². The van der Waals surface area contributed by atoms with Gasteiger partial charge in [-0.2, -0.15) is 0 Å². The molecule has 0 aromatic carbocycles. The van der Waals surface area contributed by atoms with Crippen LogP contribution in [0.1, 0.15) is 212 Å². The highest BCUT2D eigenvalue weighted by Crippen LogP contribution is 2.16. The van der Waals surface area contributed by atoms with E-state index in [1.165, 1.54) is 223 Å². The first-order valence-electron chi connectivity index (χ1n) is 19.0. The molecule has 0 fully saturated rings. The van der Waals surface area contributed by atoms with Gasteiger partial charge < -0.3 is 4.48 Å². The van der Waals surface area contributed by atoms with E-state index in [1.807, 2.05) is 0 Å². The average molecular weight is 586 g/mol. The van der Waals surface area contributed by atoms with E-state index < -0.39 is 0 Å². The molecular formula is C38H79ClN+. The summed E-state index contributed by atoms with van der Waals surface area (Å²) in [5, 5.41) is 0. The molecule has 2 heteroatoms. The van der Waals surface area contributed by atoms with Gasteiger partial charge in [0.1, 0.15) is 0 Å². The lowest BCUT2D eigenvalue weighted by Gasteiger charge is -2.30. The van der Waals surface area contributed by atoms with E-state index in [9.17, 15) is 0 Å². The third-order valence-corrected chi connectivity index (χ3v) is 9.53. The number of quaternary nitrogens is 1. The highest BCUT2D eigenvalue weighted by atomic mass is 35.5. The van der Waals surface area contributed by atoms with Gasteiger partial charge in [-0.05, 0) is 32.1 Å². The zero-order chi connectivity index (χ0) is 29.2. The van der Waals surface area contributed by atoms with Gasteiger partial charge in [0, 0.05) is 5.88 Å². The first-order valence-corrected chi connectivity index (χ1v) is 19.5. The third kappa shape index (κ3) is 34.5. The molecule has 1 nitrogen and oxygen atoms in total. The summed E-state index contributed by atoms with van der Waals surface area (Å²) in [4.78, 5) is 0. The second kappa shape index (κ2) is 33.7. The first kappa shape index (κ1) is 40.2. The van der Waals surface area contributed by atoms with Crippen molar-refractivity contribution in [3.63, 3.8) is 0 Å². The number of halogens is 1. The molecule has 0 aromatic heterocycles. The predicted octanol–water partition coefficient (Wildman–Crippen LogP) is 13.8. The Labute approximate surface area is 261 Å². The predicted molar refractivity (Wildman–Crippen MR) is 186 cm³/mol. The monoisotopic (exact) mass is 585 g/mol. The molecule has 0 saturated carbocycles. The van der Waals surface area contributed by atoms with E-state index in [0.717, 1.165) is 5.88 Å². The molecule has 0 amide bonds. The van der Waals surface area contributed by atoms with Gasteiger partial charge in [-0.1, -0.05) is 180 Å². The van der Waals surface area contributed by atoms with Crippen LogP contribution in [0.15, 0.2) is 0 Å². The fourth-order valence-electron chi connectivity index (χ4n) is 6.31. The minimum absolute atomic E-state index is 0.844. The van der Waals surface area contributed by atoms with Crippen molar-refractivity contribution in [3.05, 3.63) is 0 Å². The van der Waals surface area contributed by atoms with Crippen LogP contribution in [-0.4, -0.2) is 37.5 Å². The van der Waals surface area contributed by atoms with Crippen LogP contribution in [-0.2, 0) is 0 Å². The third-order valence-electron chi connectivity index (χ3n) is 9.26. The van der Waals surface area contributed by atoms with Gasteiger partial charge in [0.05, 0.1) is 27.2 Å². The SMILES string of the molecule is CCCCCCCCCCCCCCCCCC[N+](C)(C)CCCCCCCCCCCCCCCCCCCl. The summed E-state index contributed by atoms with van der Waals surface area (Å²) in [5.74, 6) is 0.844. The molecule has 0 atom stereocenters. The van der Waals surface area contributed by atoms with Crippen LogP contribution in [0, 0.1) is 0 Å². The number of nitrogens with zero attached hydrogens (tertiary/aromatic N) is 1. The van der Waals surface area contributed by atoms with Crippen LogP contribution in [0.2, 0.25) is 0 Å². The summed E-state index contributed by atoms with van der Waals surface area (Å²) < 4.78 is 1.24. The molecule has 0 aliphatic carbocycles. The molecule has 0 aliphatic rings. The maximum Gasteiger partial charge on any atom is 0.0782 e. The van der Waals surface area contributed by atoms with Crippen molar-refractivity contribution in [2.45, 2.75) is 212 Å². The molecule has 0 aromatic rings. The number of hydrogen-bond acceptors (Lipinski definition) is 0. The Morgan fingerprint density at radius 2 is 0.500 bits per heavy atom. The number of hydrogen-bond donors (Lipinski definition) is 0. The van der Waals surface area contributed by atoms with Gasteiger partial charge in [-0.3, -0.25) is 0 Å². The van der Waals surface area contributed by atoms with Crippen LogP contribution in [0.5, 0.6) is 0 Å². The Kier molecular flexibility index (Phi) is 34.0. The van der Waals surface area contributed by atoms with Gasteiger partial charge >= 0.3 is 0 Å². The summed E-state index contributed by atoms with van der Waals surface area (Å²) in [7, 11) is 4.93. The van der Waals surface area contributed by atoms with Gasteiger partial charge in [0.2, 0.25) is 0 Å². The highest BCUT2D eigenvalue weighted by Gasteiger charge is 2.13. The summed E-state index contributed by atoms with van der Waals surface area (Å²) in [6, 6.07) is 0. The Morgan fingerprint density at radius 1 is 0.300 bits per heavy atom. The van der Waals surface area contributed by atoms with Gasteiger partial charge in [0.15, 0.2) is 0 Å². The van der Waals surface area contributed by atoms with Gasteiger partial charge in [0.25, 0.3) is 0 Å². The lowest BCUT2D eigenvalue weighted by atomic mass is 10.0. The average Bonchev–Trinajstić information content (AvgIpc) is 2.94. The summed E-state index contributed by atoms with van der Waals surface area (Å²) in [6.45, 7) is 5.07. The molecule has 0 unspecified atom stereocenters. The Balaban J connectivity index is 3.26. The Morgan fingerprint density at radius 3 is 0.725 bits per heavy atom. The molecule has 40 heavy (non-hydrogen) atoms. The van der Waals surface area contributed by atoms with Crippen molar-refractivity contribution in [2.24, 2.45) is 0 Å². The van der Waals surface area contributed by atoms with E-state index in [2.05, 4.69) is 21.0 Å². The summed E-state index contributed by atoms with van der Waals surface area (Å²) >= 11 is 5.74. The van der Waals surface area contributed by atoms with Gasteiger partial charge in [-0.15, -0.1) is 11.6 Å². The van der Waals surface area contributed by atoms with Crippen LogP contribution >= 0.6 is 11.6 Å². The smallest absolute Gasteiger partial charge is 0.0782 e. The molecule has 242 valence electrons. The normalized spacial score (nSPS) is 12.0. The lowest BCUT2D eigenvalue weighted by Crippen LogP contribution is -2.41. The summed E-state index contributed by atoms with van der Waals surface area (Å²) in [6.07, 6.45) is 46.3. The van der Waals surface area contributed by atoms with Crippen molar-refractivity contribution in [2.75, 3.05) is 33.1 Å². The minimum atomic E-state index is 0.844. The van der Waals surface area contributed by atoms with E-state index >= 15 is 0 Å². The molecular weight excluding hydrogens is 506 g/mol. The van der Waals surface area contributed by atoms with Crippen LogP contribution in [0.4, 0.5) is 0 Å². The Bertz CT molecular complexity index is 449. The van der Waals surface area contributed by atoms with Crippen molar-refractivity contribution in [1.29, 1.82) is 0 Å². The van der Waals surface area contributed by atoms with E-state index in [4.69, 9.17) is 11.6 Å². The fourth-order valence-corrected chi connectivity index (χ4v) is 6.50. The van der Waals surface area contributed by atoms with Crippen molar-refractivity contribution in [1.82, 2.24) is 0 Å². The first-order chi connectivity index (χ1) is 19.6. The second-order valence-corrected chi connectivity index (χ2v) is 14.4. The fraction of sp³-hybridized carbons (Fsp3) is 1.00. The summed E-state index contributed by atoms with van der Waals surface area (Å²) in [5.41, 5.74) is 0. The van der Waals surface area contributed by atoms with Crippen molar-refractivity contribution in [3.8, 4) is 0 Å². The standard InChI is InChI=1S/C38H79ClN/c1-4-5-6-7-8-9-10-11-12-16-19-22-25-28-31-34-37-40(2,3)38-35-32-29-26-23-20-17-14-13-15-18-21-24-27-30-33-36-39/h4-38H2,1-3H3/q+1. The molecule has 0 heterocycles. The molecule has 0 saturated heterocycles. The molecule has 0 rings (SSSR count).